The summed E-state index contributed by atoms with van der Waals surface area (Å²) in [5, 5.41) is 0. The molecular weight excluding hydrogens is 232 g/mol. The Hall–Kier alpha value is -1.02. The molecule has 106 valence electrons. The summed E-state index contributed by atoms with van der Waals surface area (Å²) in [6, 6.07) is 9.48. The SMILES string of the molecule is CCC(N)c1ccccc1N(C)C1CCC(C)CC1. The van der Waals surface area contributed by atoms with Gasteiger partial charge in [0.2, 0.25) is 0 Å². The maximum absolute atomic E-state index is 6.26. The van der Waals surface area contributed by atoms with Crippen molar-refractivity contribution in [3.8, 4) is 0 Å². The van der Waals surface area contributed by atoms with Gasteiger partial charge in [-0.25, -0.2) is 0 Å². The van der Waals surface area contributed by atoms with E-state index in [9.17, 15) is 0 Å². The summed E-state index contributed by atoms with van der Waals surface area (Å²) < 4.78 is 0. The van der Waals surface area contributed by atoms with E-state index in [4.69, 9.17) is 5.73 Å². The van der Waals surface area contributed by atoms with Gasteiger partial charge in [-0.3, -0.25) is 0 Å². The Bertz CT molecular complexity index is 394. The zero-order chi connectivity index (χ0) is 13.8. The molecule has 2 N–H and O–H groups in total. The van der Waals surface area contributed by atoms with Crippen molar-refractivity contribution in [2.24, 2.45) is 11.7 Å². The molecule has 0 saturated heterocycles. The second-order valence-electron chi connectivity index (χ2n) is 6.10. The number of para-hydroxylation sites is 1. The van der Waals surface area contributed by atoms with Crippen LogP contribution in [-0.4, -0.2) is 13.1 Å². The Morgan fingerprint density at radius 1 is 1.21 bits per heavy atom. The molecule has 1 atom stereocenters. The lowest BCUT2D eigenvalue weighted by atomic mass is 9.86. The third kappa shape index (κ3) is 3.30. The molecule has 1 unspecified atom stereocenters. The molecule has 2 rings (SSSR count). The molecule has 0 radical (unpaired) electrons. The first-order valence-electron chi connectivity index (χ1n) is 7.70. The van der Waals surface area contributed by atoms with Crippen LogP contribution in [0.25, 0.3) is 0 Å². The highest BCUT2D eigenvalue weighted by Gasteiger charge is 2.23. The average molecular weight is 260 g/mol. The van der Waals surface area contributed by atoms with Crippen LogP contribution in [0.15, 0.2) is 24.3 Å². The van der Waals surface area contributed by atoms with E-state index in [1.165, 1.54) is 36.9 Å². The second-order valence-corrected chi connectivity index (χ2v) is 6.10. The fraction of sp³-hybridized carbons (Fsp3) is 0.647. The summed E-state index contributed by atoms with van der Waals surface area (Å²) in [5.74, 6) is 0.901. The van der Waals surface area contributed by atoms with Gasteiger partial charge in [0, 0.05) is 24.8 Å². The summed E-state index contributed by atoms with van der Waals surface area (Å²) in [5.41, 5.74) is 8.89. The molecule has 0 spiro atoms. The van der Waals surface area contributed by atoms with E-state index >= 15 is 0 Å². The molecule has 0 heterocycles. The Balaban J connectivity index is 2.16. The molecule has 19 heavy (non-hydrogen) atoms. The number of benzene rings is 1. The lowest BCUT2D eigenvalue weighted by Gasteiger charge is -2.36. The minimum absolute atomic E-state index is 0.154. The van der Waals surface area contributed by atoms with E-state index in [1.54, 1.807) is 0 Å². The number of nitrogens with zero attached hydrogens (tertiary/aromatic N) is 1. The van der Waals surface area contributed by atoms with Gasteiger partial charge in [0.05, 0.1) is 0 Å². The third-order valence-corrected chi connectivity index (χ3v) is 4.69. The maximum atomic E-state index is 6.26. The third-order valence-electron chi connectivity index (χ3n) is 4.69. The number of anilines is 1. The first kappa shape index (κ1) is 14.4. The largest absolute Gasteiger partial charge is 0.371 e. The zero-order valence-electron chi connectivity index (χ0n) is 12.6. The van der Waals surface area contributed by atoms with E-state index in [1.807, 2.05) is 0 Å². The minimum Gasteiger partial charge on any atom is -0.371 e. The Kier molecular flexibility index (Phi) is 4.87. The van der Waals surface area contributed by atoms with Crippen molar-refractivity contribution in [2.45, 2.75) is 58.0 Å². The van der Waals surface area contributed by atoms with Crippen LogP contribution in [0.1, 0.15) is 57.6 Å². The van der Waals surface area contributed by atoms with Gasteiger partial charge in [-0.05, 0) is 49.7 Å². The van der Waals surface area contributed by atoms with Crippen LogP contribution in [0, 0.1) is 5.92 Å². The van der Waals surface area contributed by atoms with Crippen molar-refractivity contribution in [1.82, 2.24) is 0 Å². The van der Waals surface area contributed by atoms with Crippen molar-refractivity contribution in [1.29, 1.82) is 0 Å². The number of hydrogen-bond acceptors (Lipinski definition) is 2. The van der Waals surface area contributed by atoms with Gasteiger partial charge < -0.3 is 10.6 Å². The molecule has 1 aliphatic rings. The predicted molar refractivity (Wildman–Crippen MR) is 83.5 cm³/mol. The Morgan fingerprint density at radius 3 is 2.47 bits per heavy atom. The first-order valence-corrected chi connectivity index (χ1v) is 7.70. The highest BCUT2D eigenvalue weighted by atomic mass is 15.1. The lowest BCUT2D eigenvalue weighted by molar-refractivity contribution is 0.340. The quantitative estimate of drug-likeness (QED) is 0.882. The highest BCUT2D eigenvalue weighted by molar-refractivity contribution is 5.55. The first-order chi connectivity index (χ1) is 9.13. The van der Waals surface area contributed by atoms with Crippen molar-refractivity contribution >= 4 is 5.69 Å². The lowest BCUT2D eigenvalue weighted by Crippen LogP contribution is -2.35. The van der Waals surface area contributed by atoms with Crippen molar-refractivity contribution in [3.05, 3.63) is 29.8 Å². The number of rotatable bonds is 4. The van der Waals surface area contributed by atoms with Crippen LogP contribution in [0.2, 0.25) is 0 Å². The normalized spacial score (nSPS) is 25.1. The Labute approximate surface area is 118 Å². The standard InChI is InChI=1S/C17H28N2/c1-4-16(18)15-7-5-6-8-17(15)19(3)14-11-9-13(2)10-12-14/h5-8,13-14,16H,4,9-12,18H2,1-3H3. The van der Waals surface area contributed by atoms with E-state index in [-0.39, 0.29) is 6.04 Å². The van der Waals surface area contributed by atoms with Crippen LogP contribution in [0.3, 0.4) is 0 Å². The molecule has 0 amide bonds. The summed E-state index contributed by atoms with van der Waals surface area (Å²) in [6.45, 7) is 4.53. The molecule has 1 fully saturated rings. The van der Waals surface area contributed by atoms with Crippen molar-refractivity contribution in [2.75, 3.05) is 11.9 Å². The van der Waals surface area contributed by atoms with Gasteiger partial charge in [0.1, 0.15) is 0 Å². The molecule has 1 aromatic carbocycles. The van der Waals surface area contributed by atoms with Crippen LogP contribution < -0.4 is 10.6 Å². The number of nitrogens with two attached hydrogens (primary N) is 1. The molecule has 1 saturated carbocycles. The van der Waals surface area contributed by atoms with Crippen LogP contribution in [0.5, 0.6) is 0 Å². The van der Waals surface area contributed by atoms with Gasteiger partial charge >= 0.3 is 0 Å². The molecular formula is C17H28N2. The molecule has 2 heteroatoms. The van der Waals surface area contributed by atoms with Gasteiger partial charge in [-0.2, -0.15) is 0 Å². The topological polar surface area (TPSA) is 29.3 Å². The van der Waals surface area contributed by atoms with Crippen LogP contribution in [-0.2, 0) is 0 Å². The minimum atomic E-state index is 0.154. The van der Waals surface area contributed by atoms with Gasteiger partial charge in [-0.15, -0.1) is 0 Å². The molecule has 0 aromatic heterocycles. The molecule has 2 nitrogen and oxygen atoms in total. The average Bonchev–Trinajstić information content (AvgIpc) is 2.46. The van der Waals surface area contributed by atoms with Crippen LogP contribution in [0.4, 0.5) is 5.69 Å². The number of hydrogen-bond donors (Lipinski definition) is 1. The zero-order valence-corrected chi connectivity index (χ0v) is 12.6. The summed E-state index contributed by atoms with van der Waals surface area (Å²) >= 11 is 0. The molecule has 1 aromatic rings. The second kappa shape index (κ2) is 6.42. The van der Waals surface area contributed by atoms with Crippen molar-refractivity contribution < 1.29 is 0 Å². The van der Waals surface area contributed by atoms with E-state index in [2.05, 4.69) is 50.1 Å². The smallest absolute Gasteiger partial charge is 0.0414 e. The van der Waals surface area contributed by atoms with Crippen LogP contribution >= 0.6 is 0 Å². The van der Waals surface area contributed by atoms with Gasteiger partial charge in [0.25, 0.3) is 0 Å². The maximum Gasteiger partial charge on any atom is 0.0414 e. The van der Waals surface area contributed by atoms with E-state index in [0.717, 1.165) is 12.3 Å². The fourth-order valence-electron chi connectivity index (χ4n) is 3.17. The monoisotopic (exact) mass is 260 g/mol. The Morgan fingerprint density at radius 2 is 1.84 bits per heavy atom. The fourth-order valence-corrected chi connectivity index (χ4v) is 3.17. The summed E-state index contributed by atoms with van der Waals surface area (Å²) in [4.78, 5) is 2.47. The molecule has 1 aliphatic carbocycles. The summed E-state index contributed by atoms with van der Waals surface area (Å²) in [7, 11) is 2.24. The van der Waals surface area contributed by atoms with Gasteiger partial charge in [0.15, 0.2) is 0 Å². The highest BCUT2D eigenvalue weighted by Crippen LogP contribution is 2.32. The van der Waals surface area contributed by atoms with E-state index < -0.39 is 0 Å². The van der Waals surface area contributed by atoms with Crippen molar-refractivity contribution in [3.63, 3.8) is 0 Å². The van der Waals surface area contributed by atoms with E-state index in [0.29, 0.717) is 6.04 Å². The molecule has 0 aliphatic heterocycles. The molecule has 0 bridgehead atoms. The summed E-state index contributed by atoms with van der Waals surface area (Å²) in [6.07, 6.45) is 6.33. The predicted octanol–water partition coefficient (Wildman–Crippen LogP) is 4.11. The van der Waals surface area contributed by atoms with Gasteiger partial charge in [-0.1, -0.05) is 32.0 Å².